The van der Waals surface area contributed by atoms with Gasteiger partial charge in [-0.05, 0) is 67.4 Å². The van der Waals surface area contributed by atoms with E-state index in [0.717, 1.165) is 0 Å². The summed E-state index contributed by atoms with van der Waals surface area (Å²) in [6.45, 7) is 4.67. The van der Waals surface area contributed by atoms with Crippen LogP contribution in [-0.4, -0.2) is 0 Å². The van der Waals surface area contributed by atoms with Gasteiger partial charge in [-0.25, -0.2) is 0 Å². The lowest BCUT2D eigenvalue weighted by Gasteiger charge is -2.22. The van der Waals surface area contributed by atoms with Crippen LogP contribution in [0.2, 0.25) is 0 Å². The third kappa shape index (κ3) is 3.39. The molecule has 0 aliphatic heterocycles. The highest BCUT2D eigenvalue weighted by Gasteiger charge is 2.35. The molecule has 6 rings (SSSR count). The van der Waals surface area contributed by atoms with Crippen LogP contribution in [0.25, 0.3) is 45.2 Å². The molecule has 158 valence electrons. The fourth-order valence-electron chi connectivity index (χ4n) is 5.17. The Morgan fingerprint density at radius 1 is 0.485 bits per heavy atom. The van der Waals surface area contributed by atoms with Gasteiger partial charge < -0.3 is 0 Å². The van der Waals surface area contributed by atoms with E-state index in [-0.39, 0.29) is 5.41 Å². The first-order valence-electron chi connectivity index (χ1n) is 11.6. The number of benzene rings is 5. The summed E-state index contributed by atoms with van der Waals surface area (Å²) in [5, 5.41) is 2.55. The van der Waals surface area contributed by atoms with Crippen molar-refractivity contribution in [3.63, 3.8) is 0 Å². The van der Waals surface area contributed by atoms with Crippen LogP contribution >= 0.6 is 0 Å². The quantitative estimate of drug-likeness (QED) is 0.254. The van der Waals surface area contributed by atoms with Crippen LogP contribution in [0.1, 0.15) is 36.1 Å². The van der Waals surface area contributed by atoms with E-state index in [1.165, 1.54) is 55.3 Å². The van der Waals surface area contributed by atoms with E-state index in [4.69, 9.17) is 0 Å². The lowest BCUT2D eigenvalue weighted by Crippen LogP contribution is -2.14. The smallest absolute Gasteiger partial charge is 0.0159 e. The molecule has 0 aromatic heterocycles. The minimum atomic E-state index is 0.0322. The Labute approximate surface area is 195 Å². The molecule has 0 fully saturated rings. The van der Waals surface area contributed by atoms with E-state index in [9.17, 15) is 0 Å². The molecule has 0 spiro atoms. The molecular weight excluding hydrogens is 396 g/mol. The lowest BCUT2D eigenvalue weighted by molar-refractivity contribution is 0.660. The SMILES string of the molecule is CC1(C)c2ccccc2-c2ccc(-c3ccc(/C=C/c4ccc5ccccc5c4)cc3)cc21. The summed E-state index contributed by atoms with van der Waals surface area (Å²) in [7, 11) is 0. The van der Waals surface area contributed by atoms with Crippen molar-refractivity contribution >= 4 is 22.9 Å². The van der Waals surface area contributed by atoms with E-state index < -0.39 is 0 Å². The van der Waals surface area contributed by atoms with Crippen LogP contribution in [0.3, 0.4) is 0 Å². The zero-order chi connectivity index (χ0) is 22.4. The van der Waals surface area contributed by atoms with Crippen LogP contribution < -0.4 is 0 Å². The van der Waals surface area contributed by atoms with Crippen LogP contribution in [0.5, 0.6) is 0 Å². The van der Waals surface area contributed by atoms with Crippen molar-refractivity contribution < 1.29 is 0 Å². The molecule has 0 N–H and O–H groups in total. The van der Waals surface area contributed by atoms with E-state index in [1.807, 2.05) is 0 Å². The van der Waals surface area contributed by atoms with Gasteiger partial charge in [0.15, 0.2) is 0 Å². The number of fused-ring (bicyclic) bond motifs is 4. The lowest BCUT2D eigenvalue weighted by atomic mass is 9.81. The molecule has 0 radical (unpaired) electrons. The molecule has 1 aliphatic rings. The van der Waals surface area contributed by atoms with Gasteiger partial charge in [-0.2, -0.15) is 0 Å². The molecule has 5 aromatic carbocycles. The minimum Gasteiger partial charge on any atom is -0.0619 e. The molecular formula is C33H26. The molecule has 1 aliphatic carbocycles. The topological polar surface area (TPSA) is 0 Å². The van der Waals surface area contributed by atoms with Crippen molar-refractivity contribution in [1.29, 1.82) is 0 Å². The maximum Gasteiger partial charge on any atom is 0.0159 e. The van der Waals surface area contributed by atoms with Gasteiger partial charge in [0.25, 0.3) is 0 Å². The number of rotatable bonds is 3. The second kappa shape index (κ2) is 7.60. The highest BCUT2D eigenvalue weighted by atomic mass is 14.4. The molecule has 0 atom stereocenters. The third-order valence-corrected chi connectivity index (χ3v) is 7.07. The Morgan fingerprint density at radius 2 is 1.12 bits per heavy atom. The van der Waals surface area contributed by atoms with Crippen LogP contribution in [0.4, 0.5) is 0 Å². The minimum absolute atomic E-state index is 0.0322. The first-order chi connectivity index (χ1) is 16.1. The van der Waals surface area contributed by atoms with Gasteiger partial charge in [0, 0.05) is 5.41 Å². The highest BCUT2D eigenvalue weighted by Crippen LogP contribution is 2.49. The molecule has 0 saturated heterocycles. The van der Waals surface area contributed by atoms with Gasteiger partial charge in [0.05, 0.1) is 0 Å². The van der Waals surface area contributed by atoms with Gasteiger partial charge >= 0.3 is 0 Å². The molecule has 0 bridgehead atoms. The van der Waals surface area contributed by atoms with E-state index in [2.05, 4.69) is 135 Å². The summed E-state index contributed by atoms with van der Waals surface area (Å²) < 4.78 is 0. The molecule has 0 saturated carbocycles. The fraction of sp³-hybridized carbons (Fsp3) is 0.0909. The van der Waals surface area contributed by atoms with Crippen molar-refractivity contribution in [3.8, 4) is 22.3 Å². The largest absolute Gasteiger partial charge is 0.0619 e. The first-order valence-corrected chi connectivity index (χ1v) is 11.6. The fourth-order valence-corrected chi connectivity index (χ4v) is 5.17. The average Bonchev–Trinajstić information content (AvgIpc) is 3.09. The van der Waals surface area contributed by atoms with Crippen LogP contribution in [0.15, 0.2) is 109 Å². The average molecular weight is 423 g/mol. The van der Waals surface area contributed by atoms with Gasteiger partial charge in [-0.3, -0.25) is 0 Å². The monoisotopic (exact) mass is 422 g/mol. The van der Waals surface area contributed by atoms with Crippen LogP contribution in [-0.2, 0) is 5.41 Å². The predicted molar refractivity (Wildman–Crippen MR) is 142 cm³/mol. The van der Waals surface area contributed by atoms with Crippen LogP contribution in [0, 0.1) is 0 Å². The molecule has 0 heterocycles. The van der Waals surface area contributed by atoms with Crippen molar-refractivity contribution in [2.75, 3.05) is 0 Å². The highest BCUT2D eigenvalue weighted by molar-refractivity contribution is 5.86. The normalized spacial score (nSPS) is 13.9. The second-order valence-electron chi connectivity index (χ2n) is 9.49. The summed E-state index contributed by atoms with van der Waals surface area (Å²) in [6.07, 6.45) is 4.38. The molecule has 0 unspecified atom stereocenters. The summed E-state index contributed by atoms with van der Waals surface area (Å²) in [5.41, 5.74) is 10.6. The summed E-state index contributed by atoms with van der Waals surface area (Å²) in [5.74, 6) is 0. The number of hydrogen-bond acceptors (Lipinski definition) is 0. The molecule has 5 aromatic rings. The van der Waals surface area contributed by atoms with Gasteiger partial charge in [-0.1, -0.05) is 123 Å². The van der Waals surface area contributed by atoms with Crippen molar-refractivity contribution in [2.45, 2.75) is 19.3 Å². The van der Waals surface area contributed by atoms with Crippen molar-refractivity contribution in [1.82, 2.24) is 0 Å². The molecule has 0 amide bonds. The first kappa shape index (κ1) is 19.8. The predicted octanol–water partition coefficient (Wildman–Crippen LogP) is 8.98. The summed E-state index contributed by atoms with van der Waals surface area (Å²) >= 11 is 0. The molecule has 0 nitrogen and oxygen atoms in total. The van der Waals surface area contributed by atoms with E-state index >= 15 is 0 Å². The summed E-state index contributed by atoms with van der Waals surface area (Å²) in [4.78, 5) is 0. The standard InChI is InChI=1S/C33H26/c1-33(2)31-10-6-5-9-29(31)30-20-19-28(22-32(30)33)26-16-13-23(14-17-26)11-12-24-15-18-25-7-3-4-8-27(25)21-24/h3-22H,1-2H3/b12-11+. The summed E-state index contributed by atoms with van der Waals surface area (Å²) in [6, 6.07) is 39.7. The third-order valence-electron chi connectivity index (χ3n) is 7.07. The Hall–Kier alpha value is -3.90. The Bertz CT molecular complexity index is 1510. The van der Waals surface area contributed by atoms with Gasteiger partial charge in [-0.15, -0.1) is 0 Å². The molecule has 33 heavy (non-hydrogen) atoms. The maximum atomic E-state index is 2.38. The van der Waals surface area contributed by atoms with Crippen molar-refractivity contribution in [3.05, 3.63) is 131 Å². The van der Waals surface area contributed by atoms with E-state index in [0.29, 0.717) is 0 Å². The maximum absolute atomic E-state index is 2.38. The Balaban J connectivity index is 1.28. The number of hydrogen-bond donors (Lipinski definition) is 0. The second-order valence-corrected chi connectivity index (χ2v) is 9.49. The molecule has 0 heteroatoms. The van der Waals surface area contributed by atoms with E-state index in [1.54, 1.807) is 0 Å². The van der Waals surface area contributed by atoms with Gasteiger partial charge in [0.2, 0.25) is 0 Å². The van der Waals surface area contributed by atoms with Gasteiger partial charge in [0.1, 0.15) is 0 Å². The Kier molecular flexibility index (Phi) is 4.55. The Morgan fingerprint density at radius 3 is 1.97 bits per heavy atom. The zero-order valence-corrected chi connectivity index (χ0v) is 19.0. The zero-order valence-electron chi connectivity index (χ0n) is 19.0. The van der Waals surface area contributed by atoms with Crippen molar-refractivity contribution in [2.24, 2.45) is 0 Å².